The second-order valence-electron chi connectivity index (χ2n) is 3.63. The van der Waals surface area contributed by atoms with E-state index >= 15 is 0 Å². The highest BCUT2D eigenvalue weighted by molar-refractivity contribution is 7.89. The van der Waals surface area contributed by atoms with E-state index in [0.717, 1.165) is 13.0 Å². The Morgan fingerprint density at radius 2 is 2.29 bits per heavy atom. The topological polar surface area (TPSA) is 87.8 Å². The summed E-state index contributed by atoms with van der Waals surface area (Å²) in [5.74, 6) is 0.674. The van der Waals surface area contributed by atoms with Gasteiger partial charge in [-0.3, -0.25) is 0 Å². The van der Waals surface area contributed by atoms with Crippen LogP contribution >= 0.6 is 0 Å². The largest absolute Gasteiger partial charge is 0.334 e. The lowest BCUT2D eigenvalue weighted by Crippen LogP contribution is -2.24. The maximum atomic E-state index is 11.8. The molecule has 0 aromatic carbocycles. The molecule has 1 aromatic heterocycles. The highest BCUT2D eigenvalue weighted by atomic mass is 32.2. The van der Waals surface area contributed by atoms with Crippen LogP contribution in [0.2, 0.25) is 0 Å². The van der Waals surface area contributed by atoms with E-state index in [2.05, 4.69) is 9.71 Å². The van der Waals surface area contributed by atoms with Gasteiger partial charge in [0.05, 0.1) is 6.07 Å². The molecule has 1 rings (SSSR count). The highest BCUT2D eigenvalue weighted by Gasteiger charge is 2.18. The van der Waals surface area contributed by atoms with Gasteiger partial charge in [0.15, 0.2) is 5.03 Å². The summed E-state index contributed by atoms with van der Waals surface area (Å²) >= 11 is 0. The molecule has 1 heterocycles. The van der Waals surface area contributed by atoms with Crippen LogP contribution in [0.4, 0.5) is 0 Å². The molecule has 6 nitrogen and oxygen atoms in total. The van der Waals surface area contributed by atoms with Crippen molar-refractivity contribution in [2.24, 2.45) is 0 Å². The SMILES string of the molecule is CCCn1cc(S(=O)(=O)NCCC#N)nc1C. The van der Waals surface area contributed by atoms with E-state index in [1.807, 2.05) is 13.0 Å². The summed E-state index contributed by atoms with van der Waals surface area (Å²) in [6.07, 6.45) is 2.58. The number of nitriles is 1. The number of hydrogen-bond acceptors (Lipinski definition) is 4. The van der Waals surface area contributed by atoms with E-state index in [1.165, 1.54) is 6.20 Å². The zero-order chi connectivity index (χ0) is 12.9. The zero-order valence-corrected chi connectivity index (χ0v) is 10.8. The van der Waals surface area contributed by atoms with Gasteiger partial charge < -0.3 is 4.57 Å². The molecule has 94 valence electrons. The smallest absolute Gasteiger partial charge is 0.259 e. The molecule has 0 radical (unpaired) electrons. The van der Waals surface area contributed by atoms with E-state index in [4.69, 9.17) is 5.26 Å². The number of nitrogens with one attached hydrogen (secondary N) is 1. The second-order valence-corrected chi connectivity index (χ2v) is 5.34. The molecular formula is C10H16N4O2S. The molecule has 1 aromatic rings. The predicted octanol–water partition coefficient (Wildman–Crippen LogP) is 0.793. The molecule has 0 spiro atoms. The van der Waals surface area contributed by atoms with Crippen molar-refractivity contribution in [3.05, 3.63) is 12.0 Å². The minimum atomic E-state index is -3.59. The fraction of sp³-hybridized carbons (Fsp3) is 0.600. The fourth-order valence-corrected chi connectivity index (χ4v) is 2.43. The Labute approximate surface area is 101 Å². The Balaban J connectivity index is 2.85. The zero-order valence-electron chi connectivity index (χ0n) is 9.97. The van der Waals surface area contributed by atoms with Crippen molar-refractivity contribution in [1.82, 2.24) is 14.3 Å². The van der Waals surface area contributed by atoms with Crippen LogP contribution in [0.1, 0.15) is 25.6 Å². The summed E-state index contributed by atoms with van der Waals surface area (Å²) in [6, 6.07) is 1.88. The van der Waals surface area contributed by atoms with Crippen LogP contribution in [0.5, 0.6) is 0 Å². The summed E-state index contributed by atoms with van der Waals surface area (Å²) in [5.41, 5.74) is 0. The summed E-state index contributed by atoms with van der Waals surface area (Å²) in [6.45, 7) is 4.63. The van der Waals surface area contributed by atoms with Crippen LogP contribution in [0, 0.1) is 18.3 Å². The Hall–Kier alpha value is -1.39. The van der Waals surface area contributed by atoms with Gasteiger partial charge in [0.1, 0.15) is 5.82 Å². The van der Waals surface area contributed by atoms with Gasteiger partial charge in [-0.2, -0.15) is 5.26 Å². The standard InChI is InChI=1S/C10H16N4O2S/c1-3-7-14-8-10(13-9(14)2)17(15,16)12-6-4-5-11/h8,12H,3-4,6-7H2,1-2H3. The first-order valence-corrected chi connectivity index (χ1v) is 6.90. The van der Waals surface area contributed by atoms with Crippen molar-refractivity contribution in [1.29, 1.82) is 5.26 Å². The van der Waals surface area contributed by atoms with Crippen LogP contribution in [0.3, 0.4) is 0 Å². The Kier molecular flexibility index (Phi) is 4.66. The molecular weight excluding hydrogens is 240 g/mol. The van der Waals surface area contributed by atoms with Crippen LogP contribution in [0.25, 0.3) is 0 Å². The lowest BCUT2D eigenvalue weighted by Gasteiger charge is -2.01. The number of rotatable bonds is 6. The van der Waals surface area contributed by atoms with E-state index in [0.29, 0.717) is 5.82 Å². The van der Waals surface area contributed by atoms with Gasteiger partial charge in [0.2, 0.25) is 0 Å². The third-order valence-electron chi connectivity index (χ3n) is 2.22. The van der Waals surface area contributed by atoms with Crippen LogP contribution in [-0.4, -0.2) is 24.5 Å². The normalized spacial score (nSPS) is 11.4. The quantitative estimate of drug-likeness (QED) is 0.762. The lowest BCUT2D eigenvalue weighted by atomic mass is 10.5. The molecule has 0 amide bonds. The number of nitrogens with zero attached hydrogens (tertiary/aromatic N) is 3. The fourth-order valence-electron chi connectivity index (χ4n) is 1.39. The minimum absolute atomic E-state index is 0.0152. The first-order chi connectivity index (χ1) is 8.01. The molecule has 7 heteroatoms. The van der Waals surface area contributed by atoms with Crippen LogP contribution in [0.15, 0.2) is 11.2 Å². The molecule has 0 unspecified atom stereocenters. The maximum absolute atomic E-state index is 11.8. The molecule has 1 N–H and O–H groups in total. The molecule has 0 aliphatic rings. The monoisotopic (exact) mass is 256 g/mol. The first kappa shape index (κ1) is 13.7. The Bertz CT molecular complexity index is 513. The van der Waals surface area contributed by atoms with E-state index in [-0.39, 0.29) is 18.0 Å². The minimum Gasteiger partial charge on any atom is -0.334 e. The van der Waals surface area contributed by atoms with E-state index in [9.17, 15) is 8.42 Å². The average molecular weight is 256 g/mol. The van der Waals surface area contributed by atoms with Crippen molar-refractivity contribution in [3.63, 3.8) is 0 Å². The number of imidazole rings is 1. The lowest BCUT2D eigenvalue weighted by molar-refractivity contribution is 0.578. The maximum Gasteiger partial charge on any atom is 0.259 e. The average Bonchev–Trinajstić information content (AvgIpc) is 2.62. The molecule has 0 saturated heterocycles. The van der Waals surface area contributed by atoms with Gasteiger partial charge in [-0.05, 0) is 13.3 Å². The molecule has 0 saturated carbocycles. The van der Waals surface area contributed by atoms with Crippen molar-refractivity contribution in [2.45, 2.75) is 38.3 Å². The van der Waals surface area contributed by atoms with Gasteiger partial charge in [-0.1, -0.05) is 6.92 Å². The number of hydrogen-bond donors (Lipinski definition) is 1. The molecule has 17 heavy (non-hydrogen) atoms. The van der Waals surface area contributed by atoms with Crippen molar-refractivity contribution >= 4 is 10.0 Å². The molecule has 0 atom stereocenters. The van der Waals surface area contributed by atoms with Crippen molar-refractivity contribution in [3.8, 4) is 6.07 Å². The van der Waals surface area contributed by atoms with E-state index < -0.39 is 10.0 Å². The van der Waals surface area contributed by atoms with Gasteiger partial charge in [-0.25, -0.2) is 18.1 Å². The third kappa shape index (κ3) is 3.54. The predicted molar refractivity (Wildman–Crippen MR) is 62.7 cm³/mol. The van der Waals surface area contributed by atoms with Gasteiger partial charge in [-0.15, -0.1) is 0 Å². The summed E-state index contributed by atoms with van der Waals surface area (Å²) in [7, 11) is -3.59. The van der Waals surface area contributed by atoms with Crippen LogP contribution < -0.4 is 4.72 Å². The molecule has 0 aliphatic carbocycles. The highest BCUT2D eigenvalue weighted by Crippen LogP contribution is 2.09. The summed E-state index contributed by atoms with van der Waals surface area (Å²) < 4.78 is 27.7. The molecule has 0 fully saturated rings. The van der Waals surface area contributed by atoms with Crippen molar-refractivity contribution in [2.75, 3.05) is 6.54 Å². The molecule has 0 bridgehead atoms. The van der Waals surface area contributed by atoms with Crippen molar-refractivity contribution < 1.29 is 8.42 Å². The Morgan fingerprint density at radius 1 is 1.59 bits per heavy atom. The summed E-state index contributed by atoms with van der Waals surface area (Å²) in [5, 5.41) is 8.36. The Morgan fingerprint density at radius 3 is 2.88 bits per heavy atom. The number of aryl methyl sites for hydroxylation is 2. The van der Waals surface area contributed by atoms with Gasteiger partial charge in [0.25, 0.3) is 10.0 Å². The summed E-state index contributed by atoms with van der Waals surface area (Å²) in [4.78, 5) is 4.01. The molecule has 0 aliphatic heterocycles. The van der Waals surface area contributed by atoms with Crippen LogP contribution in [-0.2, 0) is 16.6 Å². The van der Waals surface area contributed by atoms with E-state index in [1.54, 1.807) is 11.5 Å². The van der Waals surface area contributed by atoms with Gasteiger partial charge >= 0.3 is 0 Å². The number of aromatic nitrogens is 2. The first-order valence-electron chi connectivity index (χ1n) is 5.41. The van der Waals surface area contributed by atoms with Gasteiger partial charge in [0, 0.05) is 25.7 Å². The third-order valence-corrected chi connectivity index (χ3v) is 3.55. The second kappa shape index (κ2) is 5.80. The number of sulfonamides is 1.